The zero-order valence-corrected chi connectivity index (χ0v) is 13.5. The highest BCUT2D eigenvalue weighted by Crippen LogP contribution is 2.18. The van der Waals surface area contributed by atoms with Crippen LogP contribution in [0.15, 0.2) is 24.3 Å². The van der Waals surface area contributed by atoms with Crippen LogP contribution in [-0.4, -0.2) is 28.6 Å². The highest BCUT2D eigenvalue weighted by Gasteiger charge is 2.24. The molecule has 0 saturated carbocycles. The van der Waals surface area contributed by atoms with Crippen molar-refractivity contribution in [1.29, 1.82) is 0 Å². The Hall–Kier alpha value is -2.64. The second kappa shape index (κ2) is 7.57. The molecule has 0 aliphatic heterocycles. The van der Waals surface area contributed by atoms with Crippen LogP contribution in [0.1, 0.15) is 34.1 Å². The van der Waals surface area contributed by atoms with Gasteiger partial charge >= 0.3 is 12.1 Å². The van der Waals surface area contributed by atoms with E-state index in [1.807, 2.05) is 0 Å². The van der Waals surface area contributed by atoms with E-state index in [4.69, 9.17) is 9.47 Å². The lowest BCUT2D eigenvalue weighted by Crippen LogP contribution is -2.44. The number of hydrogen-bond acceptors (Lipinski definition) is 6. The van der Waals surface area contributed by atoms with E-state index in [1.54, 1.807) is 27.7 Å². The van der Waals surface area contributed by atoms with E-state index >= 15 is 0 Å². The fraction of sp³-hybridized carbons (Fsp3) is 0.467. The van der Waals surface area contributed by atoms with E-state index in [1.165, 1.54) is 24.3 Å². The SMILES string of the molecule is CC[C@H](NC(=O)OC(C)(C)C)C(=O)Oc1ccc([N+](=O)[O-])cc1. The summed E-state index contributed by atoms with van der Waals surface area (Å²) >= 11 is 0. The van der Waals surface area contributed by atoms with Crippen LogP contribution >= 0.6 is 0 Å². The van der Waals surface area contributed by atoms with Crippen LogP contribution in [0.4, 0.5) is 10.5 Å². The van der Waals surface area contributed by atoms with Crippen LogP contribution in [0.5, 0.6) is 5.75 Å². The van der Waals surface area contributed by atoms with Gasteiger partial charge in [0.05, 0.1) is 4.92 Å². The Kier molecular flexibility index (Phi) is 6.06. The molecule has 0 aliphatic rings. The zero-order valence-electron chi connectivity index (χ0n) is 13.5. The van der Waals surface area contributed by atoms with Gasteiger partial charge in [-0.2, -0.15) is 0 Å². The van der Waals surface area contributed by atoms with E-state index < -0.39 is 28.6 Å². The number of nitrogens with one attached hydrogen (secondary N) is 1. The summed E-state index contributed by atoms with van der Waals surface area (Å²) < 4.78 is 10.2. The maximum Gasteiger partial charge on any atom is 0.408 e. The molecule has 23 heavy (non-hydrogen) atoms. The average molecular weight is 324 g/mol. The largest absolute Gasteiger partial charge is 0.444 e. The first-order chi connectivity index (χ1) is 10.6. The van der Waals surface area contributed by atoms with Crippen LogP contribution in [0.3, 0.4) is 0 Å². The predicted molar refractivity (Wildman–Crippen MR) is 82.2 cm³/mol. The van der Waals surface area contributed by atoms with Crippen molar-refractivity contribution < 1.29 is 24.0 Å². The van der Waals surface area contributed by atoms with Crippen molar-refractivity contribution in [3.05, 3.63) is 34.4 Å². The smallest absolute Gasteiger partial charge is 0.408 e. The summed E-state index contributed by atoms with van der Waals surface area (Å²) in [5.41, 5.74) is -0.784. The highest BCUT2D eigenvalue weighted by atomic mass is 16.6. The van der Waals surface area contributed by atoms with Gasteiger partial charge in [0.1, 0.15) is 17.4 Å². The fourth-order valence-electron chi connectivity index (χ4n) is 1.60. The van der Waals surface area contributed by atoms with Gasteiger partial charge in [-0.3, -0.25) is 10.1 Å². The Morgan fingerprint density at radius 3 is 2.26 bits per heavy atom. The third kappa shape index (κ3) is 6.33. The second-order valence-corrected chi connectivity index (χ2v) is 5.78. The van der Waals surface area contributed by atoms with Gasteiger partial charge in [0.25, 0.3) is 5.69 Å². The summed E-state index contributed by atoms with van der Waals surface area (Å²) in [6, 6.07) is 4.21. The van der Waals surface area contributed by atoms with Gasteiger partial charge in [-0.1, -0.05) is 6.92 Å². The van der Waals surface area contributed by atoms with Crippen LogP contribution in [0, 0.1) is 10.1 Å². The Labute approximate surface area is 133 Å². The monoisotopic (exact) mass is 324 g/mol. The lowest BCUT2D eigenvalue weighted by atomic mass is 10.2. The molecule has 1 aromatic carbocycles. The number of nitrogens with zero attached hydrogens (tertiary/aromatic N) is 1. The number of carbonyl (C=O) groups is 2. The quantitative estimate of drug-likeness (QED) is 0.386. The Morgan fingerprint density at radius 2 is 1.83 bits per heavy atom. The number of ether oxygens (including phenoxy) is 2. The molecule has 1 amide bonds. The first kappa shape index (κ1) is 18.4. The van der Waals surface area contributed by atoms with Crippen LogP contribution in [0.25, 0.3) is 0 Å². The van der Waals surface area contributed by atoms with E-state index in [2.05, 4.69) is 5.32 Å². The van der Waals surface area contributed by atoms with E-state index in [0.717, 1.165) is 0 Å². The second-order valence-electron chi connectivity index (χ2n) is 5.78. The molecule has 0 fully saturated rings. The van der Waals surface area contributed by atoms with Crippen LogP contribution in [-0.2, 0) is 9.53 Å². The highest BCUT2D eigenvalue weighted by molar-refractivity contribution is 5.83. The number of nitro benzene ring substituents is 1. The number of carbonyl (C=O) groups excluding carboxylic acids is 2. The first-order valence-corrected chi connectivity index (χ1v) is 7.08. The molecule has 0 unspecified atom stereocenters. The van der Waals surface area contributed by atoms with E-state index in [9.17, 15) is 19.7 Å². The maximum atomic E-state index is 12.0. The number of benzene rings is 1. The molecule has 0 saturated heterocycles. The molecule has 1 rings (SSSR count). The van der Waals surface area contributed by atoms with Gasteiger partial charge in [0.15, 0.2) is 0 Å². The zero-order chi connectivity index (χ0) is 17.6. The van der Waals surface area contributed by atoms with Gasteiger partial charge < -0.3 is 14.8 Å². The number of non-ortho nitro benzene ring substituents is 1. The van der Waals surface area contributed by atoms with Crippen molar-refractivity contribution in [2.75, 3.05) is 0 Å². The molecule has 8 heteroatoms. The molecule has 0 aliphatic carbocycles. The van der Waals surface area contributed by atoms with Crippen molar-refractivity contribution in [1.82, 2.24) is 5.32 Å². The van der Waals surface area contributed by atoms with Crippen molar-refractivity contribution in [2.45, 2.75) is 45.8 Å². The normalized spacial score (nSPS) is 12.2. The minimum Gasteiger partial charge on any atom is -0.444 e. The summed E-state index contributed by atoms with van der Waals surface area (Å²) in [6.45, 7) is 6.84. The molecule has 1 N–H and O–H groups in total. The summed E-state index contributed by atoms with van der Waals surface area (Å²) in [5.74, 6) is -0.516. The molecule has 126 valence electrons. The Morgan fingerprint density at radius 1 is 1.26 bits per heavy atom. The molecular weight excluding hydrogens is 304 g/mol. The fourth-order valence-corrected chi connectivity index (χ4v) is 1.60. The van der Waals surface area contributed by atoms with Gasteiger partial charge in [-0.05, 0) is 39.3 Å². The summed E-state index contributed by atoms with van der Waals surface area (Å²) in [6.07, 6.45) is -0.407. The molecular formula is C15H20N2O6. The molecule has 8 nitrogen and oxygen atoms in total. The van der Waals surface area contributed by atoms with Crippen molar-refractivity contribution >= 4 is 17.7 Å². The third-order valence-electron chi connectivity index (χ3n) is 2.65. The summed E-state index contributed by atoms with van der Waals surface area (Å²) in [4.78, 5) is 33.7. The number of amides is 1. The minimum absolute atomic E-state index is 0.108. The van der Waals surface area contributed by atoms with Crippen molar-refractivity contribution in [3.63, 3.8) is 0 Å². The maximum absolute atomic E-state index is 12.0. The molecule has 0 bridgehead atoms. The molecule has 0 radical (unpaired) electrons. The van der Waals surface area contributed by atoms with E-state index in [0.29, 0.717) is 6.42 Å². The van der Waals surface area contributed by atoms with Crippen LogP contribution < -0.4 is 10.1 Å². The van der Waals surface area contributed by atoms with Gasteiger partial charge in [0.2, 0.25) is 0 Å². The minimum atomic E-state index is -0.875. The van der Waals surface area contributed by atoms with Crippen molar-refractivity contribution in [2.24, 2.45) is 0 Å². The molecule has 0 spiro atoms. The number of rotatable bonds is 5. The number of esters is 1. The molecule has 0 heterocycles. The number of hydrogen-bond donors (Lipinski definition) is 1. The lowest BCUT2D eigenvalue weighted by molar-refractivity contribution is -0.384. The molecule has 1 aromatic rings. The van der Waals surface area contributed by atoms with Gasteiger partial charge in [-0.25, -0.2) is 9.59 Å². The van der Waals surface area contributed by atoms with Crippen molar-refractivity contribution in [3.8, 4) is 5.75 Å². The van der Waals surface area contributed by atoms with Gasteiger partial charge in [0, 0.05) is 12.1 Å². The first-order valence-electron chi connectivity index (χ1n) is 7.08. The van der Waals surface area contributed by atoms with Crippen LogP contribution in [0.2, 0.25) is 0 Å². The number of alkyl carbamates (subject to hydrolysis) is 1. The molecule has 0 aromatic heterocycles. The predicted octanol–water partition coefficient (Wildman–Crippen LogP) is 2.80. The lowest BCUT2D eigenvalue weighted by Gasteiger charge is -2.22. The summed E-state index contributed by atoms with van der Waals surface area (Å²) in [7, 11) is 0. The summed E-state index contributed by atoms with van der Waals surface area (Å²) in [5, 5.41) is 13.0. The Bertz CT molecular complexity index is 577. The molecule has 1 atom stereocenters. The van der Waals surface area contributed by atoms with Gasteiger partial charge in [-0.15, -0.1) is 0 Å². The topological polar surface area (TPSA) is 108 Å². The third-order valence-corrected chi connectivity index (χ3v) is 2.65. The standard InChI is InChI=1S/C15H20N2O6/c1-5-12(16-14(19)23-15(2,3)4)13(18)22-11-8-6-10(7-9-11)17(20)21/h6-9,12H,5H2,1-4H3,(H,16,19)/t12-/m0/s1. The Balaban J connectivity index is 2.66. The number of nitro groups is 1. The average Bonchev–Trinajstić information content (AvgIpc) is 2.43. The van der Waals surface area contributed by atoms with E-state index in [-0.39, 0.29) is 11.4 Å².